The van der Waals surface area contributed by atoms with E-state index in [9.17, 15) is 21.6 Å². The number of nitrogens with zero attached hydrogens (tertiary/aromatic N) is 5. The second-order valence-electron chi connectivity index (χ2n) is 9.72. The maximum atomic E-state index is 13.5. The first-order chi connectivity index (χ1) is 19.9. The number of aromatic nitrogens is 1. The van der Waals surface area contributed by atoms with Crippen LogP contribution in [0.2, 0.25) is 5.02 Å². The van der Waals surface area contributed by atoms with Crippen LogP contribution in [-0.2, 0) is 16.2 Å². The Labute approximate surface area is 250 Å². The molecule has 4 aromatic rings. The molecule has 1 atom stereocenters. The Bertz CT molecular complexity index is 1710. The molecule has 0 spiro atoms. The molecule has 2 aromatic heterocycles. The fourth-order valence-corrected chi connectivity index (χ4v) is 6.46. The van der Waals surface area contributed by atoms with Crippen LogP contribution in [0.3, 0.4) is 0 Å². The maximum absolute atomic E-state index is 13.5. The number of benzene rings is 2. The lowest BCUT2D eigenvalue weighted by Gasteiger charge is -2.26. The molecule has 0 saturated heterocycles. The summed E-state index contributed by atoms with van der Waals surface area (Å²) in [5, 5.41) is 9.00. The molecule has 5 rings (SSSR count). The van der Waals surface area contributed by atoms with E-state index < -0.39 is 21.8 Å². The average Bonchev–Trinajstić information content (AvgIpc) is 3.51. The van der Waals surface area contributed by atoms with Crippen molar-refractivity contribution in [2.45, 2.75) is 23.4 Å². The van der Waals surface area contributed by atoms with Gasteiger partial charge < -0.3 is 4.90 Å². The third-order valence-electron chi connectivity index (χ3n) is 6.69. The van der Waals surface area contributed by atoms with Crippen LogP contribution in [0.25, 0.3) is 0 Å². The number of hydrogen-bond acceptors (Lipinski definition) is 5. The van der Waals surface area contributed by atoms with Gasteiger partial charge in [0.15, 0.2) is 0 Å². The Balaban J connectivity index is 1.63. The van der Waals surface area contributed by atoms with Gasteiger partial charge in [-0.1, -0.05) is 29.8 Å². The SMILES string of the molecule is CN(C)c1cc[n+](C(=NS(=O)(=O)c2ccc(C(F)(F)F)cc2)N2CCC(c3cccs3)C(c3ccc(Cl)cc3)=N2)cc1. The second-order valence-corrected chi connectivity index (χ2v) is 12.7. The van der Waals surface area contributed by atoms with E-state index in [0.29, 0.717) is 23.7 Å². The number of hydrogen-bond donors (Lipinski definition) is 0. The van der Waals surface area contributed by atoms with Gasteiger partial charge in [-0.2, -0.15) is 21.6 Å². The Morgan fingerprint density at radius 1 is 1.05 bits per heavy atom. The zero-order chi connectivity index (χ0) is 30.1. The molecule has 0 radical (unpaired) electrons. The highest BCUT2D eigenvalue weighted by Crippen LogP contribution is 2.33. The van der Waals surface area contributed by atoms with Gasteiger partial charge in [0.25, 0.3) is 0 Å². The van der Waals surface area contributed by atoms with Gasteiger partial charge in [0.2, 0.25) is 0 Å². The van der Waals surface area contributed by atoms with Crippen LogP contribution in [0.1, 0.15) is 28.3 Å². The highest BCUT2D eigenvalue weighted by atomic mass is 35.5. The van der Waals surface area contributed by atoms with Crippen molar-refractivity contribution >= 4 is 50.3 Å². The van der Waals surface area contributed by atoms with Crippen molar-refractivity contribution in [2.75, 3.05) is 25.5 Å². The zero-order valence-electron chi connectivity index (χ0n) is 22.5. The van der Waals surface area contributed by atoms with Gasteiger partial charge in [-0.05, 0) is 72.0 Å². The van der Waals surface area contributed by atoms with Crippen LogP contribution >= 0.6 is 22.9 Å². The number of alkyl halides is 3. The second kappa shape index (κ2) is 11.9. The molecule has 218 valence electrons. The normalized spacial score (nSPS) is 16.3. The van der Waals surface area contributed by atoms with E-state index in [1.165, 1.54) is 9.58 Å². The third-order valence-corrected chi connectivity index (χ3v) is 9.20. The molecular formula is C29H26ClF3N5O2S2+. The van der Waals surface area contributed by atoms with Crippen molar-refractivity contribution in [2.24, 2.45) is 9.50 Å². The summed E-state index contributed by atoms with van der Waals surface area (Å²) in [6.45, 7) is 0.337. The molecule has 0 N–H and O–H groups in total. The number of halogens is 4. The molecular weight excluding hydrogens is 607 g/mol. The minimum Gasteiger partial charge on any atom is -0.377 e. The molecule has 0 aliphatic carbocycles. The number of anilines is 1. The van der Waals surface area contributed by atoms with Crippen LogP contribution in [0.15, 0.2) is 105 Å². The van der Waals surface area contributed by atoms with Crippen LogP contribution in [0, 0.1) is 0 Å². The maximum Gasteiger partial charge on any atom is 0.434 e. The summed E-state index contributed by atoms with van der Waals surface area (Å²) in [6, 6.07) is 18.1. The molecule has 13 heteroatoms. The molecule has 3 heterocycles. The highest BCUT2D eigenvalue weighted by Gasteiger charge is 2.36. The van der Waals surface area contributed by atoms with E-state index in [2.05, 4.69) is 4.40 Å². The van der Waals surface area contributed by atoms with Crippen molar-refractivity contribution in [1.82, 2.24) is 5.01 Å². The number of sulfonamides is 1. The van der Waals surface area contributed by atoms with E-state index in [-0.39, 0.29) is 16.8 Å². The minimum absolute atomic E-state index is 0.0173. The Morgan fingerprint density at radius 3 is 2.29 bits per heavy atom. The van der Waals surface area contributed by atoms with Crippen LogP contribution < -0.4 is 9.47 Å². The summed E-state index contributed by atoms with van der Waals surface area (Å²) in [6.07, 6.45) is -0.656. The average molecular weight is 633 g/mol. The van der Waals surface area contributed by atoms with Gasteiger partial charge in [-0.25, -0.2) is 4.57 Å². The van der Waals surface area contributed by atoms with Gasteiger partial charge in [0.05, 0.1) is 30.2 Å². The predicted octanol–water partition coefficient (Wildman–Crippen LogP) is 6.26. The predicted molar refractivity (Wildman–Crippen MR) is 159 cm³/mol. The van der Waals surface area contributed by atoms with Crippen molar-refractivity contribution in [3.63, 3.8) is 0 Å². The van der Waals surface area contributed by atoms with Gasteiger partial charge in [0, 0.05) is 40.0 Å². The van der Waals surface area contributed by atoms with E-state index in [1.54, 1.807) is 48.0 Å². The van der Waals surface area contributed by atoms with E-state index >= 15 is 0 Å². The van der Waals surface area contributed by atoms with E-state index in [0.717, 1.165) is 40.4 Å². The minimum atomic E-state index is -4.60. The fraction of sp³-hybridized carbons (Fsp3) is 0.207. The Hall–Kier alpha value is -3.74. The van der Waals surface area contributed by atoms with Gasteiger partial charge in [-0.3, -0.25) is 0 Å². The summed E-state index contributed by atoms with van der Waals surface area (Å²) in [5.41, 5.74) is 1.45. The summed E-state index contributed by atoms with van der Waals surface area (Å²) in [4.78, 5) is 2.64. The lowest BCUT2D eigenvalue weighted by molar-refractivity contribution is -0.565. The first-order valence-electron chi connectivity index (χ1n) is 12.8. The van der Waals surface area contributed by atoms with Gasteiger partial charge in [-0.15, -0.1) is 21.4 Å². The summed E-state index contributed by atoms with van der Waals surface area (Å²) in [7, 11) is -0.674. The number of hydrazone groups is 1. The van der Waals surface area contributed by atoms with Crippen LogP contribution in [0.5, 0.6) is 0 Å². The smallest absolute Gasteiger partial charge is 0.377 e. The molecule has 0 bridgehead atoms. The largest absolute Gasteiger partial charge is 0.434 e. The third kappa shape index (κ3) is 6.50. The monoisotopic (exact) mass is 632 g/mol. The van der Waals surface area contributed by atoms with E-state index in [1.807, 2.05) is 48.6 Å². The van der Waals surface area contributed by atoms with Crippen molar-refractivity contribution in [3.05, 3.63) is 112 Å². The summed E-state index contributed by atoms with van der Waals surface area (Å²) < 4.78 is 71.9. The standard InChI is InChI=1S/C29H26ClF3N5O2S2/c1-36(2)23-13-16-37(17-14-23)28(35-42(39,40)24-11-7-21(8-12-24)29(31,32)33)38-18-15-25(26-4-3-19-41-26)27(34-38)20-5-9-22(30)10-6-20/h3-14,16-17,19,25H,15,18H2,1-2H3/q+1. The number of rotatable bonds is 5. The van der Waals surface area contributed by atoms with Crippen molar-refractivity contribution in [1.29, 1.82) is 0 Å². The first kappa shape index (κ1) is 29.7. The lowest BCUT2D eigenvalue weighted by Crippen LogP contribution is -2.53. The molecule has 1 unspecified atom stereocenters. The van der Waals surface area contributed by atoms with Gasteiger partial charge in [0.1, 0.15) is 4.90 Å². The molecule has 0 amide bonds. The molecule has 0 saturated carbocycles. The molecule has 1 aliphatic rings. The summed E-state index contributed by atoms with van der Waals surface area (Å²) >= 11 is 7.75. The fourth-order valence-electron chi connectivity index (χ4n) is 4.48. The number of thiophene rings is 1. The number of pyridine rings is 1. The van der Waals surface area contributed by atoms with Gasteiger partial charge >= 0.3 is 22.2 Å². The molecule has 2 aromatic carbocycles. The highest BCUT2D eigenvalue weighted by molar-refractivity contribution is 7.90. The molecule has 1 aliphatic heterocycles. The first-order valence-corrected chi connectivity index (χ1v) is 15.5. The Morgan fingerprint density at radius 2 is 1.71 bits per heavy atom. The summed E-state index contributed by atoms with van der Waals surface area (Å²) in [5.74, 6) is -0.0624. The van der Waals surface area contributed by atoms with Crippen LogP contribution in [0.4, 0.5) is 18.9 Å². The topological polar surface area (TPSA) is 69.2 Å². The Kier molecular flexibility index (Phi) is 8.40. The van der Waals surface area contributed by atoms with Crippen molar-refractivity contribution < 1.29 is 26.2 Å². The van der Waals surface area contributed by atoms with E-state index in [4.69, 9.17) is 16.7 Å². The van der Waals surface area contributed by atoms with Crippen molar-refractivity contribution in [3.8, 4) is 0 Å². The lowest BCUT2D eigenvalue weighted by atomic mass is 9.91. The molecule has 42 heavy (non-hydrogen) atoms. The zero-order valence-corrected chi connectivity index (χ0v) is 24.9. The molecule has 0 fully saturated rings. The van der Waals surface area contributed by atoms with Crippen LogP contribution in [-0.4, -0.2) is 45.7 Å². The molecule has 7 nitrogen and oxygen atoms in total. The quantitative estimate of drug-likeness (QED) is 0.148.